The monoisotopic (exact) mass is 314 g/mol. The number of rotatable bonds is 12. The van der Waals surface area contributed by atoms with Crippen LogP contribution in [0.15, 0.2) is 25.3 Å². The van der Waals surface area contributed by atoms with Gasteiger partial charge in [0.1, 0.15) is 25.9 Å². The van der Waals surface area contributed by atoms with Gasteiger partial charge in [-0.2, -0.15) is 0 Å². The van der Waals surface area contributed by atoms with Gasteiger partial charge >= 0.3 is 12.3 Å². The lowest BCUT2D eigenvalue weighted by molar-refractivity contribution is -0.0154. The summed E-state index contributed by atoms with van der Waals surface area (Å²) in [6, 6.07) is 0. The van der Waals surface area contributed by atoms with Crippen molar-refractivity contribution >= 4 is 12.3 Å². The van der Waals surface area contributed by atoms with Crippen LogP contribution >= 0.6 is 0 Å². The molecule has 0 aliphatic rings. The van der Waals surface area contributed by atoms with E-state index < -0.39 is 18.4 Å². The predicted molar refractivity (Wildman–Crippen MR) is 82.7 cm³/mol. The molecule has 0 radical (unpaired) electrons. The summed E-state index contributed by atoms with van der Waals surface area (Å²) in [7, 11) is 0. The van der Waals surface area contributed by atoms with E-state index >= 15 is 0 Å². The third kappa shape index (κ3) is 11.8. The Bertz CT molecular complexity index is 340. The lowest BCUT2D eigenvalue weighted by Gasteiger charge is -2.17. The molecule has 22 heavy (non-hydrogen) atoms. The van der Waals surface area contributed by atoms with Crippen LogP contribution in [-0.4, -0.2) is 38.2 Å². The van der Waals surface area contributed by atoms with Gasteiger partial charge in [0.25, 0.3) is 0 Å². The first-order valence-electron chi connectivity index (χ1n) is 7.48. The highest BCUT2D eigenvalue weighted by Crippen LogP contribution is 2.10. The van der Waals surface area contributed by atoms with E-state index in [2.05, 4.69) is 20.1 Å². The SMILES string of the molecule is C=CCOC(=O)OCC(CCCCCC)OC(=O)OCC=C. The van der Waals surface area contributed by atoms with Gasteiger partial charge < -0.3 is 18.9 Å². The molecule has 0 aromatic heterocycles. The van der Waals surface area contributed by atoms with Gasteiger partial charge in [-0.3, -0.25) is 0 Å². The first-order valence-corrected chi connectivity index (χ1v) is 7.48. The van der Waals surface area contributed by atoms with Crippen LogP contribution in [0, 0.1) is 0 Å². The zero-order valence-electron chi connectivity index (χ0n) is 13.3. The minimum absolute atomic E-state index is 0.0642. The number of carbonyl (C=O) groups excluding carboxylic acids is 2. The molecule has 0 bridgehead atoms. The minimum Gasteiger partial charge on any atom is -0.430 e. The summed E-state index contributed by atoms with van der Waals surface area (Å²) in [5.41, 5.74) is 0. The zero-order valence-corrected chi connectivity index (χ0v) is 13.3. The molecule has 1 atom stereocenters. The lowest BCUT2D eigenvalue weighted by atomic mass is 10.1. The second-order valence-corrected chi connectivity index (χ2v) is 4.60. The Morgan fingerprint density at radius 3 is 2.18 bits per heavy atom. The van der Waals surface area contributed by atoms with Crippen LogP contribution in [0.1, 0.15) is 39.0 Å². The summed E-state index contributed by atoms with van der Waals surface area (Å²) >= 11 is 0. The Kier molecular flexibility index (Phi) is 12.7. The first-order chi connectivity index (χ1) is 10.6. The summed E-state index contributed by atoms with van der Waals surface area (Å²) in [5, 5.41) is 0. The summed E-state index contributed by atoms with van der Waals surface area (Å²) in [6.45, 7) is 9.06. The van der Waals surface area contributed by atoms with E-state index in [0.29, 0.717) is 6.42 Å². The fraction of sp³-hybridized carbons (Fsp3) is 0.625. The third-order valence-corrected chi connectivity index (χ3v) is 2.67. The van der Waals surface area contributed by atoms with Crippen LogP contribution < -0.4 is 0 Å². The predicted octanol–water partition coefficient (Wildman–Crippen LogP) is 4.00. The number of hydrogen-bond acceptors (Lipinski definition) is 6. The minimum atomic E-state index is -0.818. The van der Waals surface area contributed by atoms with Crippen molar-refractivity contribution in [1.29, 1.82) is 0 Å². The van der Waals surface area contributed by atoms with Crippen LogP contribution in [0.3, 0.4) is 0 Å². The second kappa shape index (κ2) is 14.0. The fourth-order valence-corrected chi connectivity index (χ4v) is 1.60. The number of unbranched alkanes of at least 4 members (excludes halogenated alkanes) is 3. The van der Waals surface area contributed by atoms with Crippen LogP contribution in [-0.2, 0) is 18.9 Å². The quantitative estimate of drug-likeness (QED) is 0.308. The van der Waals surface area contributed by atoms with Crippen molar-refractivity contribution in [3.63, 3.8) is 0 Å². The second-order valence-electron chi connectivity index (χ2n) is 4.60. The number of hydrogen-bond donors (Lipinski definition) is 0. The van der Waals surface area contributed by atoms with Crippen molar-refractivity contribution in [1.82, 2.24) is 0 Å². The third-order valence-electron chi connectivity index (χ3n) is 2.67. The number of ether oxygens (including phenoxy) is 4. The van der Waals surface area contributed by atoms with Crippen LogP contribution in [0.25, 0.3) is 0 Å². The Morgan fingerprint density at radius 1 is 0.955 bits per heavy atom. The van der Waals surface area contributed by atoms with E-state index in [-0.39, 0.29) is 19.8 Å². The molecule has 126 valence electrons. The molecule has 0 fully saturated rings. The molecular weight excluding hydrogens is 288 g/mol. The molecule has 0 saturated carbocycles. The first kappa shape index (κ1) is 20.0. The molecule has 0 spiro atoms. The molecule has 0 aliphatic heterocycles. The highest BCUT2D eigenvalue weighted by molar-refractivity contribution is 5.61. The molecule has 6 nitrogen and oxygen atoms in total. The molecule has 0 N–H and O–H groups in total. The molecule has 0 heterocycles. The van der Waals surface area contributed by atoms with Crippen molar-refractivity contribution in [2.75, 3.05) is 19.8 Å². The normalized spacial score (nSPS) is 11.1. The van der Waals surface area contributed by atoms with Crippen LogP contribution in [0.4, 0.5) is 9.59 Å². The zero-order chi connectivity index (χ0) is 16.6. The average molecular weight is 314 g/mol. The van der Waals surface area contributed by atoms with Gasteiger partial charge in [0.15, 0.2) is 0 Å². The van der Waals surface area contributed by atoms with E-state index in [0.717, 1.165) is 25.7 Å². The van der Waals surface area contributed by atoms with E-state index in [1.54, 1.807) is 0 Å². The summed E-state index contributed by atoms with van der Waals surface area (Å²) in [6.07, 6.45) is 5.42. The van der Waals surface area contributed by atoms with Gasteiger partial charge in [0.2, 0.25) is 0 Å². The Hall–Kier alpha value is -1.98. The summed E-state index contributed by atoms with van der Waals surface area (Å²) < 4.78 is 19.5. The Labute approximate surface area is 132 Å². The summed E-state index contributed by atoms with van der Waals surface area (Å²) in [5.74, 6) is 0. The standard InChI is InChI=1S/C16H26O6/c1-4-7-8-9-10-14(22-16(18)20-12-6-3)13-21-15(17)19-11-5-2/h5-6,14H,2-4,7-13H2,1H3. The van der Waals surface area contributed by atoms with Crippen molar-refractivity contribution in [2.24, 2.45) is 0 Å². The van der Waals surface area contributed by atoms with E-state index in [4.69, 9.17) is 18.9 Å². The Morgan fingerprint density at radius 2 is 1.59 bits per heavy atom. The van der Waals surface area contributed by atoms with Crippen LogP contribution in [0.5, 0.6) is 0 Å². The Balaban J connectivity index is 4.19. The number of carbonyl (C=O) groups is 2. The maximum Gasteiger partial charge on any atom is 0.508 e. The highest BCUT2D eigenvalue weighted by Gasteiger charge is 2.18. The fourth-order valence-electron chi connectivity index (χ4n) is 1.60. The van der Waals surface area contributed by atoms with Gasteiger partial charge in [0, 0.05) is 0 Å². The molecular formula is C16H26O6. The molecule has 0 saturated heterocycles. The van der Waals surface area contributed by atoms with E-state index in [9.17, 15) is 9.59 Å². The molecule has 6 heteroatoms. The van der Waals surface area contributed by atoms with Crippen molar-refractivity contribution in [3.05, 3.63) is 25.3 Å². The van der Waals surface area contributed by atoms with Crippen molar-refractivity contribution in [3.8, 4) is 0 Å². The van der Waals surface area contributed by atoms with E-state index in [1.165, 1.54) is 12.2 Å². The van der Waals surface area contributed by atoms with Gasteiger partial charge in [-0.25, -0.2) is 9.59 Å². The van der Waals surface area contributed by atoms with Crippen molar-refractivity contribution in [2.45, 2.75) is 45.1 Å². The van der Waals surface area contributed by atoms with Crippen LogP contribution in [0.2, 0.25) is 0 Å². The molecule has 0 aliphatic carbocycles. The van der Waals surface area contributed by atoms with Gasteiger partial charge in [0.05, 0.1) is 0 Å². The molecule has 0 aromatic rings. The maximum atomic E-state index is 11.4. The molecule has 0 amide bonds. The van der Waals surface area contributed by atoms with Gasteiger partial charge in [-0.1, -0.05) is 51.5 Å². The average Bonchev–Trinajstić information content (AvgIpc) is 2.52. The topological polar surface area (TPSA) is 71.1 Å². The summed E-state index contributed by atoms with van der Waals surface area (Å²) in [4.78, 5) is 22.7. The molecule has 0 aromatic carbocycles. The smallest absolute Gasteiger partial charge is 0.430 e. The maximum absolute atomic E-state index is 11.4. The molecule has 0 rings (SSSR count). The van der Waals surface area contributed by atoms with E-state index in [1.807, 2.05) is 0 Å². The highest BCUT2D eigenvalue weighted by atomic mass is 16.7. The van der Waals surface area contributed by atoms with Gasteiger partial charge in [-0.05, 0) is 12.8 Å². The van der Waals surface area contributed by atoms with Gasteiger partial charge in [-0.15, -0.1) is 0 Å². The van der Waals surface area contributed by atoms with Crippen molar-refractivity contribution < 1.29 is 28.5 Å². The largest absolute Gasteiger partial charge is 0.508 e. The lowest BCUT2D eigenvalue weighted by Crippen LogP contribution is -2.26. The molecule has 1 unspecified atom stereocenters.